The van der Waals surface area contributed by atoms with Crippen molar-refractivity contribution >= 4 is 23.5 Å². The van der Waals surface area contributed by atoms with Crippen LogP contribution in [-0.2, 0) is 0 Å². The number of hydrogen-bond acceptors (Lipinski definition) is 2. The Hall–Kier alpha value is 0.700. The predicted octanol–water partition coefficient (Wildman–Crippen LogP) is 4.79. The Labute approximate surface area is 92.6 Å². The lowest BCUT2D eigenvalue weighted by atomic mass is 10.1. The van der Waals surface area contributed by atoms with Crippen LogP contribution in [0.2, 0.25) is 0 Å². The van der Waals surface area contributed by atoms with Crippen molar-refractivity contribution in [3.63, 3.8) is 0 Å². The largest absolute Gasteiger partial charge is 0.145 e. The van der Waals surface area contributed by atoms with Crippen LogP contribution >= 0.6 is 23.5 Å². The van der Waals surface area contributed by atoms with Gasteiger partial charge in [0.25, 0.3) is 0 Å². The van der Waals surface area contributed by atoms with Crippen LogP contribution in [0.1, 0.15) is 53.4 Å². The second-order valence-electron chi connectivity index (χ2n) is 3.28. The molecule has 2 heteroatoms. The fraction of sp³-hybridized carbons (Fsp3) is 1.00. The number of thioether (sulfide) groups is 2. The van der Waals surface area contributed by atoms with Gasteiger partial charge in [0.05, 0.1) is 4.08 Å². The molecule has 0 rings (SSSR count). The minimum Gasteiger partial charge on any atom is -0.145 e. The molecule has 0 bridgehead atoms. The molecule has 0 aromatic heterocycles. The zero-order valence-electron chi connectivity index (χ0n) is 9.56. The van der Waals surface area contributed by atoms with E-state index >= 15 is 0 Å². The van der Waals surface area contributed by atoms with Crippen LogP contribution in [0.25, 0.3) is 0 Å². The lowest BCUT2D eigenvalue weighted by Gasteiger charge is -2.31. The van der Waals surface area contributed by atoms with E-state index in [9.17, 15) is 0 Å². The van der Waals surface area contributed by atoms with Gasteiger partial charge in [0.1, 0.15) is 0 Å². The number of hydrogen-bond donors (Lipinski definition) is 0. The third kappa shape index (κ3) is 5.21. The molecule has 0 saturated heterocycles. The Balaban J connectivity index is 4.19. The molecule has 0 unspecified atom stereocenters. The summed E-state index contributed by atoms with van der Waals surface area (Å²) in [5, 5.41) is 0. The van der Waals surface area contributed by atoms with Crippen LogP contribution in [0, 0.1) is 0 Å². The third-order valence-electron chi connectivity index (χ3n) is 2.08. The molecule has 0 atom stereocenters. The van der Waals surface area contributed by atoms with Crippen molar-refractivity contribution in [2.45, 2.75) is 57.5 Å². The lowest BCUT2D eigenvalue weighted by molar-refractivity contribution is 0.633. The van der Waals surface area contributed by atoms with Gasteiger partial charge in [-0.3, -0.25) is 0 Å². The molecule has 0 heterocycles. The van der Waals surface area contributed by atoms with Gasteiger partial charge >= 0.3 is 0 Å². The fourth-order valence-electron chi connectivity index (χ4n) is 1.74. The van der Waals surface area contributed by atoms with Crippen LogP contribution in [-0.4, -0.2) is 15.6 Å². The SMILES string of the molecule is CCCC(CCC)(SCC)SCC. The van der Waals surface area contributed by atoms with Gasteiger partial charge < -0.3 is 0 Å². The topological polar surface area (TPSA) is 0 Å². The first kappa shape index (κ1) is 13.7. The molecule has 0 nitrogen and oxygen atoms in total. The summed E-state index contributed by atoms with van der Waals surface area (Å²) in [6, 6.07) is 0. The zero-order valence-corrected chi connectivity index (χ0v) is 11.2. The molecular formula is C11H24S2. The van der Waals surface area contributed by atoms with Crippen molar-refractivity contribution in [2.24, 2.45) is 0 Å². The van der Waals surface area contributed by atoms with E-state index in [-0.39, 0.29) is 0 Å². The van der Waals surface area contributed by atoms with Gasteiger partial charge in [0, 0.05) is 0 Å². The molecular weight excluding hydrogens is 196 g/mol. The maximum absolute atomic E-state index is 2.30. The highest BCUT2D eigenvalue weighted by Gasteiger charge is 2.27. The first-order chi connectivity index (χ1) is 6.24. The fourth-order valence-corrected chi connectivity index (χ4v) is 5.23. The van der Waals surface area contributed by atoms with Crippen LogP contribution in [0.3, 0.4) is 0 Å². The van der Waals surface area contributed by atoms with E-state index < -0.39 is 0 Å². The molecule has 0 saturated carbocycles. The quantitative estimate of drug-likeness (QED) is 0.539. The van der Waals surface area contributed by atoms with Gasteiger partial charge in [-0.15, -0.1) is 23.5 Å². The van der Waals surface area contributed by atoms with E-state index in [1.54, 1.807) is 0 Å². The molecule has 0 radical (unpaired) electrons. The molecule has 0 aromatic rings. The Morgan fingerprint density at radius 2 is 1.15 bits per heavy atom. The highest BCUT2D eigenvalue weighted by Crippen LogP contribution is 2.44. The summed E-state index contributed by atoms with van der Waals surface area (Å²) in [6.45, 7) is 9.16. The third-order valence-corrected chi connectivity index (χ3v) is 5.23. The molecule has 0 aliphatic heterocycles. The van der Waals surface area contributed by atoms with Gasteiger partial charge in [-0.25, -0.2) is 0 Å². The van der Waals surface area contributed by atoms with Gasteiger partial charge in [0.15, 0.2) is 0 Å². The molecule has 0 spiro atoms. The molecule has 0 N–H and O–H groups in total. The summed E-state index contributed by atoms with van der Waals surface area (Å²) in [5.74, 6) is 2.51. The second kappa shape index (κ2) is 8.05. The van der Waals surface area contributed by atoms with E-state index in [1.807, 2.05) is 0 Å². The summed E-state index contributed by atoms with van der Waals surface area (Å²) in [7, 11) is 0. The first-order valence-corrected chi connectivity index (χ1v) is 7.49. The maximum atomic E-state index is 2.30. The summed E-state index contributed by atoms with van der Waals surface area (Å²) in [6.07, 6.45) is 5.38. The Bertz CT molecular complexity index is 83.1. The maximum Gasteiger partial charge on any atom is 0.0610 e. The van der Waals surface area contributed by atoms with Gasteiger partial charge in [0.2, 0.25) is 0 Å². The summed E-state index contributed by atoms with van der Waals surface area (Å²) in [4.78, 5) is 0. The standard InChI is InChI=1S/C11H24S2/c1-5-9-11(10-6-2,12-7-3)13-8-4/h5-10H2,1-4H3. The van der Waals surface area contributed by atoms with Crippen molar-refractivity contribution in [1.82, 2.24) is 0 Å². The van der Waals surface area contributed by atoms with Gasteiger partial charge in [-0.2, -0.15) is 0 Å². The smallest absolute Gasteiger partial charge is 0.0610 e. The van der Waals surface area contributed by atoms with Crippen LogP contribution < -0.4 is 0 Å². The Kier molecular flexibility index (Phi) is 8.48. The van der Waals surface area contributed by atoms with Gasteiger partial charge in [-0.05, 0) is 24.3 Å². The van der Waals surface area contributed by atoms with E-state index in [0.717, 1.165) is 0 Å². The van der Waals surface area contributed by atoms with E-state index in [4.69, 9.17) is 0 Å². The first-order valence-electron chi connectivity index (χ1n) is 5.52. The minimum absolute atomic E-state index is 0.535. The molecule has 0 aromatic carbocycles. The molecule has 0 amide bonds. The normalized spacial score (nSPS) is 12.0. The predicted molar refractivity (Wildman–Crippen MR) is 68.8 cm³/mol. The lowest BCUT2D eigenvalue weighted by Crippen LogP contribution is -2.20. The molecule has 0 fully saturated rings. The number of rotatable bonds is 8. The minimum atomic E-state index is 0.535. The van der Waals surface area contributed by atoms with Gasteiger partial charge in [-0.1, -0.05) is 40.5 Å². The van der Waals surface area contributed by atoms with Crippen molar-refractivity contribution in [3.05, 3.63) is 0 Å². The second-order valence-corrected chi connectivity index (χ2v) is 6.83. The Morgan fingerprint density at radius 1 is 0.769 bits per heavy atom. The van der Waals surface area contributed by atoms with E-state index in [0.29, 0.717) is 4.08 Å². The average Bonchev–Trinajstić information content (AvgIpc) is 2.06. The highest BCUT2D eigenvalue weighted by molar-refractivity contribution is 8.18. The highest BCUT2D eigenvalue weighted by atomic mass is 32.2. The van der Waals surface area contributed by atoms with E-state index in [1.165, 1.54) is 37.2 Å². The Morgan fingerprint density at radius 3 is 1.38 bits per heavy atom. The van der Waals surface area contributed by atoms with Crippen LogP contribution in [0.5, 0.6) is 0 Å². The molecule has 0 aliphatic rings. The van der Waals surface area contributed by atoms with Crippen LogP contribution in [0.15, 0.2) is 0 Å². The van der Waals surface area contributed by atoms with Crippen LogP contribution in [0.4, 0.5) is 0 Å². The van der Waals surface area contributed by atoms with Crippen molar-refractivity contribution in [2.75, 3.05) is 11.5 Å². The molecule has 80 valence electrons. The van der Waals surface area contributed by atoms with Crippen molar-refractivity contribution < 1.29 is 0 Å². The average molecular weight is 220 g/mol. The molecule has 0 aliphatic carbocycles. The summed E-state index contributed by atoms with van der Waals surface area (Å²) >= 11 is 4.32. The van der Waals surface area contributed by atoms with E-state index in [2.05, 4.69) is 51.2 Å². The summed E-state index contributed by atoms with van der Waals surface area (Å²) in [5.41, 5.74) is 0. The monoisotopic (exact) mass is 220 g/mol. The summed E-state index contributed by atoms with van der Waals surface area (Å²) < 4.78 is 0.535. The molecule has 13 heavy (non-hydrogen) atoms. The zero-order chi connectivity index (χ0) is 10.2. The van der Waals surface area contributed by atoms with Crippen molar-refractivity contribution in [1.29, 1.82) is 0 Å². The van der Waals surface area contributed by atoms with Crippen molar-refractivity contribution in [3.8, 4) is 0 Å².